The average Bonchev–Trinajstić information content (AvgIpc) is 2.85. The van der Waals surface area contributed by atoms with Gasteiger partial charge in [0, 0.05) is 36.4 Å². The molecule has 0 aliphatic heterocycles. The largest absolute Gasteiger partial charge is 0.367 e. The second-order valence-corrected chi connectivity index (χ2v) is 5.57. The minimum atomic E-state index is 0.169. The van der Waals surface area contributed by atoms with Crippen molar-refractivity contribution in [3.8, 4) is 0 Å². The molecule has 2 rings (SSSR count). The number of H-pyrrole nitrogens is 1. The van der Waals surface area contributed by atoms with Crippen LogP contribution >= 0.6 is 0 Å². The molecule has 2 unspecified atom stereocenters. The van der Waals surface area contributed by atoms with Crippen molar-refractivity contribution in [2.45, 2.75) is 50.6 Å². The van der Waals surface area contributed by atoms with Crippen molar-refractivity contribution < 1.29 is 0 Å². The van der Waals surface area contributed by atoms with Crippen molar-refractivity contribution in [1.29, 1.82) is 0 Å². The number of aromatic nitrogens is 1. The second-order valence-electron chi connectivity index (χ2n) is 5.57. The van der Waals surface area contributed by atoms with Crippen molar-refractivity contribution in [2.24, 2.45) is 5.73 Å². The van der Waals surface area contributed by atoms with Crippen LogP contribution in [0.1, 0.15) is 38.7 Å². The lowest BCUT2D eigenvalue weighted by Crippen LogP contribution is -2.45. The van der Waals surface area contributed by atoms with E-state index in [1.807, 2.05) is 6.20 Å². The van der Waals surface area contributed by atoms with Crippen molar-refractivity contribution in [1.82, 2.24) is 10.3 Å². The maximum Gasteiger partial charge on any atom is 0.0219 e. The Morgan fingerprint density at radius 1 is 1.50 bits per heavy atom. The van der Waals surface area contributed by atoms with Crippen molar-refractivity contribution in [3.63, 3.8) is 0 Å². The highest BCUT2D eigenvalue weighted by molar-refractivity contribution is 5.20. The summed E-state index contributed by atoms with van der Waals surface area (Å²) in [5.41, 5.74) is 7.58. The molecule has 1 saturated carbocycles. The van der Waals surface area contributed by atoms with E-state index in [0.29, 0.717) is 12.1 Å². The molecule has 1 aliphatic carbocycles. The third-order valence-electron chi connectivity index (χ3n) is 3.76. The van der Waals surface area contributed by atoms with Gasteiger partial charge in [0.25, 0.3) is 0 Å². The van der Waals surface area contributed by atoms with Gasteiger partial charge in [0.2, 0.25) is 0 Å². The number of hydrogen-bond acceptors (Lipinski definition) is 2. The smallest absolute Gasteiger partial charge is 0.0219 e. The van der Waals surface area contributed by atoms with Crippen LogP contribution in [-0.4, -0.2) is 23.6 Å². The van der Waals surface area contributed by atoms with Gasteiger partial charge in [-0.05, 0) is 24.5 Å². The first-order valence-corrected chi connectivity index (χ1v) is 6.22. The topological polar surface area (TPSA) is 53.8 Å². The summed E-state index contributed by atoms with van der Waals surface area (Å²) in [4.78, 5) is 3.12. The van der Waals surface area contributed by atoms with Crippen molar-refractivity contribution in [2.75, 3.05) is 6.54 Å². The number of nitrogens with two attached hydrogens (primary N) is 1. The van der Waals surface area contributed by atoms with Crippen LogP contribution in [-0.2, 0) is 5.41 Å². The molecule has 2 atom stereocenters. The molecule has 3 nitrogen and oxygen atoms in total. The highest BCUT2D eigenvalue weighted by atomic mass is 15.0. The zero-order valence-corrected chi connectivity index (χ0v) is 10.3. The summed E-state index contributed by atoms with van der Waals surface area (Å²) in [5.74, 6) is 0. The van der Waals surface area contributed by atoms with Crippen LogP contribution in [0.5, 0.6) is 0 Å². The van der Waals surface area contributed by atoms with Gasteiger partial charge in [0.15, 0.2) is 0 Å². The predicted molar refractivity (Wildman–Crippen MR) is 67.4 cm³/mol. The van der Waals surface area contributed by atoms with E-state index < -0.39 is 0 Å². The quantitative estimate of drug-likeness (QED) is 0.725. The third kappa shape index (κ3) is 2.47. The van der Waals surface area contributed by atoms with E-state index in [2.05, 4.69) is 36.4 Å². The molecule has 1 aromatic heterocycles. The molecule has 0 amide bonds. The van der Waals surface area contributed by atoms with Crippen LogP contribution in [0.15, 0.2) is 18.5 Å². The van der Waals surface area contributed by atoms with E-state index in [1.165, 1.54) is 24.8 Å². The fourth-order valence-corrected chi connectivity index (χ4v) is 2.48. The summed E-state index contributed by atoms with van der Waals surface area (Å²) in [5, 5.41) is 3.62. The highest BCUT2D eigenvalue weighted by Crippen LogP contribution is 2.23. The van der Waals surface area contributed by atoms with E-state index >= 15 is 0 Å². The standard InChI is InChI=1S/C13H23N3/c1-13(2,10-6-7-15-8-10)9-16-12-5-3-4-11(12)14/h6-8,11-12,15-16H,3-5,9,14H2,1-2H3. The fraction of sp³-hybridized carbons (Fsp3) is 0.692. The van der Waals surface area contributed by atoms with Crippen molar-refractivity contribution in [3.05, 3.63) is 24.0 Å². The average molecular weight is 221 g/mol. The Labute approximate surface area is 97.8 Å². The van der Waals surface area contributed by atoms with Crippen LogP contribution in [0.3, 0.4) is 0 Å². The molecule has 1 aliphatic rings. The molecule has 0 bridgehead atoms. The normalized spacial score (nSPS) is 26.2. The Hall–Kier alpha value is -0.800. The summed E-state index contributed by atoms with van der Waals surface area (Å²) in [6, 6.07) is 3.01. The molecule has 90 valence electrons. The van der Waals surface area contributed by atoms with Gasteiger partial charge in [-0.25, -0.2) is 0 Å². The molecular formula is C13H23N3. The molecule has 3 heteroatoms. The van der Waals surface area contributed by atoms with E-state index in [-0.39, 0.29) is 5.41 Å². The molecule has 1 heterocycles. The van der Waals surface area contributed by atoms with E-state index in [1.54, 1.807) is 0 Å². The molecule has 16 heavy (non-hydrogen) atoms. The first-order chi connectivity index (χ1) is 7.59. The molecule has 0 saturated heterocycles. The summed E-state index contributed by atoms with van der Waals surface area (Å²) in [6.07, 6.45) is 7.73. The molecular weight excluding hydrogens is 198 g/mol. The second kappa shape index (κ2) is 4.60. The molecule has 4 N–H and O–H groups in total. The van der Waals surface area contributed by atoms with Gasteiger partial charge in [-0.15, -0.1) is 0 Å². The SMILES string of the molecule is CC(C)(CNC1CCCC1N)c1cc[nH]c1. The van der Waals surface area contributed by atoms with E-state index in [4.69, 9.17) is 5.73 Å². The number of aromatic amines is 1. The van der Waals surface area contributed by atoms with E-state index in [9.17, 15) is 0 Å². The molecule has 1 fully saturated rings. The molecule has 1 aromatic rings. The third-order valence-corrected chi connectivity index (χ3v) is 3.76. The lowest BCUT2D eigenvalue weighted by molar-refractivity contribution is 0.400. The molecule has 0 aromatic carbocycles. The minimum absolute atomic E-state index is 0.169. The summed E-state index contributed by atoms with van der Waals surface area (Å²) in [6.45, 7) is 5.52. The Bertz CT molecular complexity index is 316. The van der Waals surface area contributed by atoms with Gasteiger partial charge in [-0.1, -0.05) is 20.3 Å². The van der Waals surface area contributed by atoms with Gasteiger partial charge < -0.3 is 16.0 Å². The number of hydrogen-bond donors (Lipinski definition) is 3. The lowest BCUT2D eigenvalue weighted by Gasteiger charge is -2.27. The lowest BCUT2D eigenvalue weighted by atomic mass is 9.86. The fourth-order valence-electron chi connectivity index (χ4n) is 2.48. The summed E-state index contributed by atoms with van der Waals surface area (Å²) < 4.78 is 0. The van der Waals surface area contributed by atoms with E-state index in [0.717, 1.165) is 6.54 Å². The Morgan fingerprint density at radius 2 is 2.31 bits per heavy atom. The first kappa shape index (κ1) is 11.7. The van der Waals surface area contributed by atoms with Gasteiger partial charge >= 0.3 is 0 Å². The maximum atomic E-state index is 6.06. The van der Waals surface area contributed by atoms with Gasteiger partial charge in [0.1, 0.15) is 0 Å². The Kier molecular flexibility index (Phi) is 3.36. The predicted octanol–water partition coefficient (Wildman–Crippen LogP) is 1.76. The maximum absolute atomic E-state index is 6.06. The summed E-state index contributed by atoms with van der Waals surface area (Å²) >= 11 is 0. The van der Waals surface area contributed by atoms with Crippen LogP contribution in [0.4, 0.5) is 0 Å². The van der Waals surface area contributed by atoms with Gasteiger partial charge in [-0.2, -0.15) is 0 Å². The molecule has 0 radical (unpaired) electrons. The highest BCUT2D eigenvalue weighted by Gasteiger charge is 2.27. The Balaban J connectivity index is 1.89. The van der Waals surface area contributed by atoms with Crippen LogP contribution < -0.4 is 11.1 Å². The Morgan fingerprint density at radius 3 is 2.88 bits per heavy atom. The zero-order chi connectivity index (χ0) is 11.6. The van der Waals surface area contributed by atoms with Crippen LogP contribution in [0, 0.1) is 0 Å². The monoisotopic (exact) mass is 221 g/mol. The molecule has 0 spiro atoms. The van der Waals surface area contributed by atoms with Gasteiger partial charge in [0.05, 0.1) is 0 Å². The van der Waals surface area contributed by atoms with Gasteiger partial charge in [-0.3, -0.25) is 0 Å². The van der Waals surface area contributed by atoms with Crippen LogP contribution in [0.2, 0.25) is 0 Å². The number of rotatable bonds is 4. The van der Waals surface area contributed by atoms with Crippen LogP contribution in [0.25, 0.3) is 0 Å². The zero-order valence-electron chi connectivity index (χ0n) is 10.3. The first-order valence-electron chi connectivity index (χ1n) is 6.22. The minimum Gasteiger partial charge on any atom is -0.367 e. The number of nitrogens with one attached hydrogen (secondary N) is 2. The van der Waals surface area contributed by atoms with Crippen molar-refractivity contribution >= 4 is 0 Å². The summed E-state index contributed by atoms with van der Waals surface area (Å²) in [7, 11) is 0.